The number of amides is 1. The van der Waals surface area contributed by atoms with Crippen molar-refractivity contribution in [2.45, 2.75) is 75.9 Å². The Labute approximate surface area is 217 Å². The summed E-state index contributed by atoms with van der Waals surface area (Å²) >= 11 is 0. The summed E-state index contributed by atoms with van der Waals surface area (Å²) in [7, 11) is 1.48. The number of nitrogens with zero attached hydrogens (tertiary/aromatic N) is 7. The molecule has 3 aliphatic rings. The molecule has 1 amide bonds. The first-order valence-electron chi connectivity index (χ1n) is 12.8. The Kier molecular flexibility index (Phi) is 5.69. The number of hydrogen-bond acceptors (Lipinski definition) is 8. The lowest BCUT2D eigenvalue weighted by atomic mass is 9.96. The standard InChI is InChI=1S/C25H29F2N9O2/c1-25(2)7-6-15-8-14(9-21(37)35(15)25)29-22-18(27)12-28-23(31-22)30-19-11-20(36-24(38)34(3)32-33-36)16(10-17(19)26)13-4-5-13/h10-15H,4-9H2,1-3H3,(H2,28,29,30,31). The number of fused-ring (bicyclic) bond motifs is 1. The van der Waals surface area contributed by atoms with Crippen molar-refractivity contribution in [1.82, 2.24) is 34.7 Å². The molecule has 2 aromatic heterocycles. The highest BCUT2D eigenvalue weighted by Gasteiger charge is 2.46. The van der Waals surface area contributed by atoms with E-state index in [0.717, 1.165) is 41.2 Å². The molecule has 2 atom stereocenters. The van der Waals surface area contributed by atoms with Crippen molar-refractivity contribution in [2.24, 2.45) is 7.05 Å². The van der Waals surface area contributed by atoms with E-state index >= 15 is 4.39 Å². The van der Waals surface area contributed by atoms with Crippen molar-refractivity contribution in [3.05, 3.63) is 46.0 Å². The van der Waals surface area contributed by atoms with Crippen molar-refractivity contribution >= 4 is 23.4 Å². The SMILES string of the molecule is Cn1nnn(-c2cc(Nc3ncc(F)c(NC4CC(=O)N5C(CCC5(C)C)C4)n3)c(F)cc2C2CC2)c1=O. The van der Waals surface area contributed by atoms with E-state index in [9.17, 15) is 14.0 Å². The van der Waals surface area contributed by atoms with Crippen molar-refractivity contribution in [1.29, 1.82) is 0 Å². The van der Waals surface area contributed by atoms with Gasteiger partial charge in [0.2, 0.25) is 11.9 Å². The third kappa shape index (κ3) is 4.29. The lowest BCUT2D eigenvalue weighted by Gasteiger charge is -2.42. The van der Waals surface area contributed by atoms with Crippen LogP contribution in [0.4, 0.5) is 26.2 Å². The molecule has 0 radical (unpaired) electrons. The molecule has 2 N–H and O–H groups in total. The fourth-order valence-corrected chi connectivity index (χ4v) is 5.74. The lowest BCUT2D eigenvalue weighted by Crippen LogP contribution is -2.53. The molecule has 3 aromatic rings. The van der Waals surface area contributed by atoms with E-state index in [1.807, 2.05) is 4.90 Å². The molecule has 13 heteroatoms. The van der Waals surface area contributed by atoms with E-state index in [4.69, 9.17) is 0 Å². The van der Waals surface area contributed by atoms with Gasteiger partial charge in [-0.25, -0.2) is 18.6 Å². The highest BCUT2D eigenvalue weighted by Crippen LogP contribution is 2.44. The molecule has 6 rings (SSSR count). The van der Waals surface area contributed by atoms with Crippen LogP contribution < -0.4 is 16.3 Å². The van der Waals surface area contributed by atoms with Crippen LogP contribution in [0.1, 0.15) is 63.9 Å². The van der Waals surface area contributed by atoms with Crippen LogP contribution in [0.25, 0.3) is 5.69 Å². The van der Waals surface area contributed by atoms with E-state index in [-0.39, 0.29) is 53.3 Å². The molecule has 1 aromatic carbocycles. The molecule has 1 aliphatic carbocycles. The number of piperidine rings is 1. The lowest BCUT2D eigenvalue weighted by molar-refractivity contribution is -0.139. The summed E-state index contributed by atoms with van der Waals surface area (Å²) in [5.74, 6) is -1.15. The number of anilines is 3. The summed E-state index contributed by atoms with van der Waals surface area (Å²) in [5, 5.41) is 13.5. The summed E-state index contributed by atoms with van der Waals surface area (Å²) in [6.07, 6.45) is 5.55. The molecule has 11 nitrogen and oxygen atoms in total. The number of aryl methyl sites for hydroxylation is 1. The van der Waals surface area contributed by atoms with Crippen LogP contribution in [-0.2, 0) is 11.8 Å². The van der Waals surface area contributed by atoms with Crippen LogP contribution in [0.3, 0.4) is 0 Å². The third-order valence-electron chi connectivity index (χ3n) is 7.77. The smallest absolute Gasteiger partial charge is 0.364 e. The summed E-state index contributed by atoms with van der Waals surface area (Å²) < 4.78 is 32.0. The number of tetrazole rings is 1. The molecule has 200 valence electrons. The first kappa shape index (κ1) is 24.4. The minimum absolute atomic E-state index is 0.0104. The second-order valence-electron chi connectivity index (χ2n) is 11.0. The van der Waals surface area contributed by atoms with Gasteiger partial charge in [0.1, 0.15) is 5.82 Å². The summed E-state index contributed by atoms with van der Waals surface area (Å²) in [4.78, 5) is 35.5. The third-order valence-corrected chi connectivity index (χ3v) is 7.77. The molecule has 4 heterocycles. The van der Waals surface area contributed by atoms with Gasteiger partial charge >= 0.3 is 5.69 Å². The van der Waals surface area contributed by atoms with Gasteiger partial charge in [0.15, 0.2) is 11.6 Å². The quantitative estimate of drug-likeness (QED) is 0.504. The predicted molar refractivity (Wildman–Crippen MR) is 134 cm³/mol. The Morgan fingerprint density at radius 3 is 2.58 bits per heavy atom. The van der Waals surface area contributed by atoms with E-state index in [2.05, 4.69) is 44.9 Å². The highest BCUT2D eigenvalue weighted by atomic mass is 19.1. The second-order valence-corrected chi connectivity index (χ2v) is 11.0. The minimum Gasteiger partial charge on any atom is -0.364 e. The van der Waals surface area contributed by atoms with Crippen molar-refractivity contribution in [3.63, 3.8) is 0 Å². The molecule has 2 unspecified atom stereocenters. The van der Waals surface area contributed by atoms with Crippen molar-refractivity contribution < 1.29 is 13.6 Å². The summed E-state index contributed by atoms with van der Waals surface area (Å²) in [5.41, 5.74) is 0.471. The predicted octanol–water partition coefficient (Wildman–Crippen LogP) is 3.00. The number of nitrogens with one attached hydrogen (secondary N) is 2. The zero-order chi connectivity index (χ0) is 26.8. The summed E-state index contributed by atoms with van der Waals surface area (Å²) in [6, 6.07) is 2.67. The monoisotopic (exact) mass is 525 g/mol. The molecule has 3 fully saturated rings. The van der Waals surface area contributed by atoms with Gasteiger partial charge < -0.3 is 15.5 Å². The molecule has 2 saturated heterocycles. The number of rotatable bonds is 6. The maximum atomic E-state index is 15.1. The number of halogens is 2. The van der Waals surface area contributed by atoms with E-state index < -0.39 is 17.3 Å². The van der Waals surface area contributed by atoms with Crippen LogP contribution in [0.2, 0.25) is 0 Å². The minimum atomic E-state index is -0.673. The maximum absolute atomic E-state index is 15.1. The number of carbonyl (C=O) groups excluding carboxylic acids is 1. The van der Waals surface area contributed by atoms with Gasteiger partial charge in [0.05, 0.1) is 17.6 Å². The summed E-state index contributed by atoms with van der Waals surface area (Å²) in [6.45, 7) is 4.15. The maximum Gasteiger partial charge on any atom is 0.368 e. The van der Waals surface area contributed by atoms with Gasteiger partial charge in [-0.15, -0.1) is 0 Å². The van der Waals surface area contributed by atoms with Crippen LogP contribution in [-0.4, -0.2) is 58.2 Å². The van der Waals surface area contributed by atoms with Gasteiger partial charge in [-0.1, -0.05) is 0 Å². The van der Waals surface area contributed by atoms with Gasteiger partial charge in [-0.3, -0.25) is 4.79 Å². The largest absolute Gasteiger partial charge is 0.368 e. The first-order valence-corrected chi connectivity index (χ1v) is 12.8. The number of benzene rings is 1. The van der Waals surface area contributed by atoms with Gasteiger partial charge in [-0.05, 0) is 80.0 Å². The molecule has 38 heavy (non-hydrogen) atoms. The fourth-order valence-electron chi connectivity index (χ4n) is 5.74. The highest BCUT2D eigenvalue weighted by molar-refractivity contribution is 5.80. The number of hydrogen-bond donors (Lipinski definition) is 2. The Morgan fingerprint density at radius 1 is 1.08 bits per heavy atom. The Bertz CT molecular complexity index is 1480. The van der Waals surface area contributed by atoms with Gasteiger partial charge in [0.25, 0.3) is 0 Å². The van der Waals surface area contributed by atoms with Gasteiger partial charge in [0, 0.05) is 31.1 Å². The first-order chi connectivity index (χ1) is 18.1. The zero-order valence-corrected chi connectivity index (χ0v) is 21.4. The number of carbonyl (C=O) groups is 1. The zero-order valence-electron chi connectivity index (χ0n) is 21.4. The van der Waals surface area contributed by atoms with E-state index in [1.54, 1.807) is 0 Å². The van der Waals surface area contributed by atoms with Crippen LogP contribution in [0, 0.1) is 11.6 Å². The molecular weight excluding hydrogens is 496 g/mol. The second kappa shape index (κ2) is 8.84. The van der Waals surface area contributed by atoms with E-state index in [1.165, 1.54) is 19.2 Å². The normalized spacial score (nSPS) is 22.4. The van der Waals surface area contributed by atoms with Gasteiger partial charge in [-0.2, -0.15) is 14.3 Å². The Hall–Kier alpha value is -3.90. The average Bonchev–Trinajstić information content (AvgIpc) is 3.59. The Morgan fingerprint density at radius 2 is 1.87 bits per heavy atom. The fraction of sp³-hybridized carbons (Fsp3) is 0.520. The molecule has 0 bridgehead atoms. The Balaban J connectivity index is 1.25. The molecule has 1 saturated carbocycles. The number of aromatic nitrogens is 6. The van der Waals surface area contributed by atoms with Crippen LogP contribution in [0.15, 0.2) is 23.1 Å². The molecular formula is C25H29F2N9O2. The van der Waals surface area contributed by atoms with Crippen LogP contribution in [0.5, 0.6) is 0 Å². The van der Waals surface area contributed by atoms with Crippen molar-refractivity contribution in [3.8, 4) is 5.69 Å². The van der Waals surface area contributed by atoms with E-state index in [0.29, 0.717) is 17.7 Å². The van der Waals surface area contributed by atoms with Crippen LogP contribution >= 0.6 is 0 Å². The van der Waals surface area contributed by atoms with Crippen molar-refractivity contribution in [2.75, 3.05) is 10.6 Å². The molecule has 2 aliphatic heterocycles. The average molecular weight is 526 g/mol. The topological polar surface area (TPSA) is 123 Å². The molecule has 0 spiro atoms.